The Hall–Kier alpha value is -2.46. The summed E-state index contributed by atoms with van der Waals surface area (Å²) in [7, 11) is 0. The number of halogens is 1. The van der Waals surface area contributed by atoms with Crippen molar-refractivity contribution in [2.75, 3.05) is 0 Å². The van der Waals surface area contributed by atoms with Gasteiger partial charge in [-0.05, 0) is 23.3 Å². The van der Waals surface area contributed by atoms with Crippen LogP contribution in [0.5, 0.6) is 0 Å². The first-order valence-electron chi connectivity index (χ1n) is 6.82. The molecule has 0 radical (unpaired) electrons. The molecule has 0 fully saturated rings. The molecule has 0 spiro atoms. The Labute approximate surface area is 122 Å². The summed E-state index contributed by atoms with van der Waals surface area (Å²) in [6, 6.07) is 14.8. The van der Waals surface area contributed by atoms with Crippen molar-refractivity contribution in [3.05, 3.63) is 77.9 Å². The zero-order chi connectivity index (χ0) is 14.7. The lowest BCUT2D eigenvalue weighted by molar-refractivity contribution is 0.628. The highest BCUT2D eigenvalue weighted by atomic mass is 19.1. The molecule has 0 aliphatic carbocycles. The highest BCUT2D eigenvalue weighted by molar-refractivity contribution is 5.56. The largest absolute Gasteiger partial charge is 0.326 e. The van der Waals surface area contributed by atoms with Crippen molar-refractivity contribution < 1.29 is 4.39 Å². The third-order valence-electron chi connectivity index (χ3n) is 3.44. The maximum atomic E-state index is 13.9. The molecule has 2 aromatic carbocycles. The van der Waals surface area contributed by atoms with Gasteiger partial charge in [-0.3, -0.25) is 0 Å². The van der Waals surface area contributed by atoms with Gasteiger partial charge in [0.25, 0.3) is 0 Å². The standard InChI is InChI=1S/C17H16FN3/c18-16-4-2-1-3-15(16)17-20-9-10-21(17)12-14-7-5-13(11-19)6-8-14/h1-10H,11-12,19H2. The number of nitrogens with zero attached hydrogens (tertiary/aromatic N) is 2. The molecule has 1 heterocycles. The van der Waals surface area contributed by atoms with Crippen LogP contribution < -0.4 is 5.73 Å². The molecule has 2 N–H and O–H groups in total. The van der Waals surface area contributed by atoms with E-state index in [1.165, 1.54) is 6.07 Å². The van der Waals surface area contributed by atoms with E-state index in [1.807, 2.05) is 41.1 Å². The molecule has 1 aromatic heterocycles. The predicted molar refractivity (Wildman–Crippen MR) is 81.1 cm³/mol. The smallest absolute Gasteiger partial charge is 0.143 e. The van der Waals surface area contributed by atoms with Crippen molar-refractivity contribution in [1.82, 2.24) is 9.55 Å². The molecule has 3 rings (SSSR count). The highest BCUT2D eigenvalue weighted by Gasteiger charge is 2.10. The summed E-state index contributed by atoms with van der Waals surface area (Å²) in [5.41, 5.74) is 8.33. The van der Waals surface area contributed by atoms with Crippen LogP contribution in [0.25, 0.3) is 11.4 Å². The lowest BCUT2D eigenvalue weighted by Crippen LogP contribution is -2.03. The number of rotatable bonds is 4. The van der Waals surface area contributed by atoms with Crippen molar-refractivity contribution >= 4 is 0 Å². The van der Waals surface area contributed by atoms with Gasteiger partial charge in [0.1, 0.15) is 11.6 Å². The molecule has 106 valence electrons. The lowest BCUT2D eigenvalue weighted by Gasteiger charge is -2.09. The third-order valence-corrected chi connectivity index (χ3v) is 3.44. The molecule has 0 atom stereocenters. The number of benzene rings is 2. The van der Waals surface area contributed by atoms with Crippen LogP contribution in [0.15, 0.2) is 60.9 Å². The van der Waals surface area contributed by atoms with Gasteiger partial charge in [-0.25, -0.2) is 9.37 Å². The molecular formula is C17H16FN3. The predicted octanol–water partition coefficient (Wildman–Crippen LogP) is 3.20. The SMILES string of the molecule is NCc1ccc(Cn2ccnc2-c2ccccc2F)cc1. The van der Waals surface area contributed by atoms with Crippen LogP contribution >= 0.6 is 0 Å². The second-order valence-electron chi connectivity index (χ2n) is 4.88. The quantitative estimate of drug-likeness (QED) is 0.798. The summed E-state index contributed by atoms with van der Waals surface area (Å²) in [6.45, 7) is 1.18. The Morgan fingerprint density at radius 3 is 2.43 bits per heavy atom. The van der Waals surface area contributed by atoms with Gasteiger partial charge < -0.3 is 10.3 Å². The molecule has 0 aliphatic heterocycles. The number of hydrogen-bond acceptors (Lipinski definition) is 2. The van der Waals surface area contributed by atoms with Crippen LogP contribution in [0.3, 0.4) is 0 Å². The van der Waals surface area contributed by atoms with Crippen molar-refractivity contribution in [3.63, 3.8) is 0 Å². The molecule has 0 amide bonds. The van der Waals surface area contributed by atoms with E-state index in [0.717, 1.165) is 11.1 Å². The molecule has 3 nitrogen and oxygen atoms in total. The van der Waals surface area contributed by atoms with Crippen molar-refractivity contribution in [1.29, 1.82) is 0 Å². The first-order chi connectivity index (χ1) is 10.3. The Balaban J connectivity index is 1.90. The molecule has 0 aliphatic rings. The minimum absolute atomic E-state index is 0.261. The monoisotopic (exact) mass is 281 g/mol. The fraction of sp³-hybridized carbons (Fsp3) is 0.118. The molecule has 0 saturated heterocycles. The molecule has 4 heteroatoms. The van der Waals surface area contributed by atoms with Gasteiger partial charge >= 0.3 is 0 Å². The van der Waals surface area contributed by atoms with Crippen LogP contribution in [0.4, 0.5) is 4.39 Å². The van der Waals surface area contributed by atoms with Crippen LogP contribution in [-0.2, 0) is 13.1 Å². The van der Waals surface area contributed by atoms with Crippen molar-refractivity contribution in [2.45, 2.75) is 13.1 Å². The van der Waals surface area contributed by atoms with E-state index >= 15 is 0 Å². The molecule has 3 aromatic rings. The fourth-order valence-electron chi connectivity index (χ4n) is 2.30. The molecule has 0 bridgehead atoms. The average molecular weight is 281 g/mol. The average Bonchev–Trinajstić information content (AvgIpc) is 2.96. The second kappa shape index (κ2) is 5.89. The Morgan fingerprint density at radius 2 is 1.71 bits per heavy atom. The molecular weight excluding hydrogens is 265 g/mol. The minimum Gasteiger partial charge on any atom is -0.326 e. The van der Waals surface area contributed by atoms with E-state index in [0.29, 0.717) is 24.5 Å². The number of hydrogen-bond donors (Lipinski definition) is 1. The van der Waals surface area contributed by atoms with Gasteiger partial charge in [0.15, 0.2) is 0 Å². The van der Waals surface area contributed by atoms with Crippen LogP contribution in [0.1, 0.15) is 11.1 Å². The van der Waals surface area contributed by atoms with Gasteiger partial charge in [-0.1, -0.05) is 36.4 Å². The van der Waals surface area contributed by atoms with Crippen LogP contribution in [0, 0.1) is 5.82 Å². The molecule has 21 heavy (non-hydrogen) atoms. The van der Waals surface area contributed by atoms with Crippen molar-refractivity contribution in [2.24, 2.45) is 5.73 Å². The van der Waals surface area contributed by atoms with Gasteiger partial charge in [0.2, 0.25) is 0 Å². The van der Waals surface area contributed by atoms with E-state index in [4.69, 9.17) is 5.73 Å². The summed E-state index contributed by atoms with van der Waals surface area (Å²) in [5, 5.41) is 0. The number of nitrogens with two attached hydrogens (primary N) is 1. The normalized spacial score (nSPS) is 10.8. The van der Waals surface area contributed by atoms with E-state index in [-0.39, 0.29) is 5.82 Å². The summed E-state index contributed by atoms with van der Waals surface area (Å²) in [5.74, 6) is 0.374. The highest BCUT2D eigenvalue weighted by Crippen LogP contribution is 2.21. The van der Waals surface area contributed by atoms with Gasteiger partial charge in [0, 0.05) is 25.5 Å². The topological polar surface area (TPSA) is 43.8 Å². The Morgan fingerprint density at radius 1 is 1.00 bits per heavy atom. The van der Waals surface area contributed by atoms with E-state index < -0.39 is 0 Å². The third kappa shape index (κ3) is 2.85. The summed E-state index contributed by atoms with van der Waals surface area (Å²) in [6.07, 6.45) is 3.55. The van der Waals surface area contributed by atoms with E-state index in [2.05, 4.69) is 4.98 Å². The minimum atomic E-state index is -0.261. The number of imidazole rings is 1. The van der Waals surface area contributed by atoms with E-state index in [1.54, 1.807) is 18.3 Å². The van der Waals surface area contributed by atoms with E-state index in [9.17, 15) is 4.39 Å². The fourth-order valence-corrected chi connectivity index (χ4v) is 2.30. The zero-order valence-corrected chi connectivity index (χ0v) is 11.5. The maximum absolute atomic E-state index is 13.9. The second-order valence-corrected chi connectivity index (χ2v) is 4.88. The maximum Gasteiger partial charge on any atom is 0.143 e. The lowest BCUT2D eigenvalue weighted by atomic mass is 10.1. The van der Waals surface area contributed by atoms with Crippen LogP contribution in [-0.4, -0.2) is 9.55 Å². The Bertz CT molecular complexity index is 732. The summed E-state index contributed by atoms with van der Waals surface area (Å²) < 4.78 is 15.8. The van der Waals surface area contributed by atoms with Gasteiger partial charge in [-0.2, -0.15) is 0 Å². The number of aromatic nitrogens is 2. The van der Waals surface area contributed by atoms with Crippen LogP contribution in [0.2, 0.25) is 0 Å². The first-order valence-corrected chi connectivity index (χ1v) is 6.82. The van der Waals surface area contributed by atoms with Gasteiger partial charge in [-0.15, -0.1) is 0 Å². The van der Waals surface area contributed by atoms with Crippen molar-refractivity contribution in [3.8, 4) is 11.4 Å². The summed E-state index contributed by atoms with van der Waals surface area (Å²) in [4.78, 5) is 4.28. The zero-order valence-electron chi connectivity index (χ0n) is 11.5. The van der Waals surface area contributed by atoms with Gasteiger partial charge in [0.05, 0.1) is 5.56 Å². The summed E-state index contributed by atoms with van der Waals surface area (Å²) >= 11 is 0. The first kappa shape index (κ1) is 13.5. The molecule has 0 unspecified atom stereocenters. The Kier molecular flexibility index (Phi) is 3.79. The molecule has 0 saturated carbocycles.